The molecule has 1 heterocycles. The molecule has 1 atom stereocenters. The van der Waals surface area contributed by atoms with E-state index >= 15 is 0 Å². The number of anilines is 1. The Morgan fingerprint density at radius 3 is 2.52 bits per heavy atom. The molecule has 1 aliphatic heterocycles. The average Bonchev–Trinajstić information content (AvgIpc) is 2.78. The van der Waals surface area contributed by atoms with Crippen molar-refractivity contribution in [3.8, 4) is 0 Å². The highest BCUT2D eigenvalue weighted by Crippen LogP contribution is 2.30. The van der Waals surface area contributed by atoms with E-state index in [0.717, 1.165) is 35.2 Å². The fraction of sp³-hybridized carbons (Fsp3) is 0.231. The predicted octanol–water partition coefficient (Wildman–Crippen LogP) is 5.22. The van der Waals surface area contributed by atoms with Gasteiger partial charge in [-0.25, -0.2) is 4.39 Å². The number of carbonyl (C=O) groups excluding carboxylic acids is 2. The van der Waals surface area contributed by atoms with Crippen molar-refractivity contribution in [3.05, 3.63) is 100 Å². The highest BCUT2D eigenvalue weighted by atomic mass is 19.1. The summed E-state index contributed by atoms with van der Waals surface area (Å²) in [4.78, 5) is 27.7. The molecule has 158 valence electrons. The summed E-state index contributed by atoms with van der Waals surface area (Å²) in [5.74, 6) is -0.518. The summed E-state index contributed by atoms with van der Waals surface area (Å²) in [6.45, 7) is 4.50. The topological polar surface area (TPSA) is 49.4 Å². The predicted molar refractivity (Wildman–Crippen MR) is 120 cm³/mol. The molecule has 3 aromatic carbocycles. The second-order valence-electron chi connectivity index (χ2n) is 8.02. The van der Waals surface area contributed by atoms with Crippen LogP contribution in [0.15, 0.2) is 66.7 Å². The summed E-state index contributed by atoms with van der Waals surface area (Å²) >= 11 is 0. The summed E-state index contributed by atoms with van der Waals surface area (Å²) in [5.41, 5.74) is 4.96. The largest absolute Gasteiger partial charge is 0.346 e. The fourth-order valence-electron chi connectivity index (χ4n) is 4.00. The molecule has 1 N–H and O–H groups in total. The highest BCUT2D eigenvalue weighted by molar-refractivity contribution is 6.07. The lowest BCUT2D eigenvalue weighted by molar-refractivity contribution is 0.0939. The van der Waals surface area contributed by atoms with E-state index in [9.17, 15) is 14.0 Å². The van der Waals surface area contributed by atoms with Crippen LogP contribution in [0.3, 0.4) is 0 Å². The number of hydrogen-bond acceptors (Lipinski definition) is 2. The zero-order valence-electron chi connectivity index (χ0n) is 17.7. The van der Waals surface area contributed by atoms with E-state index in [2.05, 4.69) is 5.32 Å². The van der Waals surface area contributed by atoms with Crippen LogP contribution in [0.5, 0.6) is 0 Å². The lowest BCUT2D eigenvalue weighted by Gasteiger charge is -2.30. The maximum absolute atomic E-state index is 13.1. The molecule has 1 aliphatic rings. The number of carbonyl (C=O) groups is 2. The molecule has 3 aromatic rings. The molecule has 0 radical (unpaired) electrons. The van der Waals surface area contributed by atoms with Crippen LogP contribution in [-0.2, 0) is 6.42 Å². The molecule has 0 saturated heterocycles. The first-order valence-electron chi connectivity index (χ1n) is 10.5. The van der Waals surface area contributed by atoms with Gasteiger partial charge in [0.15, 0.2) is 0 Å². The minimum absolute atomic E-state index is 0.0215. The number of amides is 2. The molecule has 0 fully saturated rings. The zero-order valence-corrected chi connectivity index (χ0v) is 17.7. The van der Waals surface area contributed by atoms with Crippen molar-refractivity contribution in [1.82, 2.24) is 5.32 Å². The van der Waals surface area contributed by atoms with Gasteiger partial charge >= 0.3 is 0 Å². The number of halogens is 1. The fourth-order valence-corrected chi connectivity index (χ4v) is 4.00. The minimum atomic E-state index is -0.304. The van der Waals surface area contributed by atoms with Gasteiger partial charge in [0, 0.05) is 23.4 Å². The number of rotatable bonds is 4. The third kappa shape index (κ3) is 4.50. The minimum Gasteiger partial charge on any atom is -0.346 e. The number of benzene rings is 3. The number of hydrogen-bond donors (Lipinski definition) is 1. The van der Waals surface area contributed by atoms with Crippen molar-refractivity contribution in [2.45, 2.75) is 32.7 Å². The first kappa shape index (κ1) is 20.8. The van der Waals surface area contributed by atoms with Gasteiger partial charge in [-0.05, 0) is 80.3 Å². The molecule has 0 aliphatic carbocycles. The van der Waals surface area contributed by atoms with Gasteiger partial charge in [0.05, 0.1) is 6.04 Å². The third-order valence-corrected chi connectivity index (χ3v) is 5.69. The van der Waals surface area contributed by atoms with Gasteiger partial charge in [-0.2, -0.15) is 0 Å². The average molecular weight is 416 g/mol. The first-order valence-corrected chi connectivity index (χ1v) is 10.5. The molecule has 2 amide bonds. The summed E-state index contributed by atoms with van der Waals surface area (Å²) in [5, 5.41) is 2.96. The van der Waals surface area contributed by atoms with Gasteiger partial charge in [0.25, 0.3) is 11.8 Å². The van der Waals surface area contributed by atoms with Crippen molar-refractivity contribution < 1.29 is 14.0 Å². The number of nitrogens with zero attached hydrogens (tertiary/aromatic N) is 1. The molecule has 4 rings (SSSR count). The Bertz CT molecular complexity index is 1120. The van der Waals surface area contributed by atoms with Gasteiger partial charge in [-0.3, -0.25) is 9.59 Å². The van der Waals surface area contributed by atoms with Crippen LogP contribution in [-0.4, -0.2) is 18.4 Å². The third-order valence-electron chi connectivity index (χ3n) is 5.69. The summed E-state index contributed by atoms with van der Waals surface area (Å²) in [7, 11) is 0. The molecule has 0 aromatic heterocycles. The van der Waals surface area contributed by atoms with E-state index < -0.39 is 0 Å². The van der Waals surface area contributed by atoms with Crippen LogP contribution in [0.1, 0.15) is 56.8 Å². The van der Waals surface area contributed by atoms with E-state index in [1.807, 2.05) is 50.2 Å². The number of nitrogens with one attached hydrogen (secondary N) is 1. The summed E-state index contributed by atoms with van der Waals surface area (Å²) in [6, 6.07) is 18.9. The lowest BCUT2D eigenvalue weighted by atomic mass is 9.97. The van der Waals surface area contributed by atoms with E-state index in [1.165, 1.54) is 12.1 Å². The van der Waals surface area contributed by atoms with Gasteiger partial charge in [-0.15, -0.1) is 0 Å². The quantitative estimate of drug-likeness (QED) is 0.634. The SMILES string of the molecule is Cc1cccc(C(=O)N2CCCc3cc(C(=O)NC(C)c4ccc(F)cc4)ccc32)c1. The van der Waals surface area contributed by atoms with Gasteiger partial charge in [0.2, 0.25) is 0 Å². The normalized spacial score (nSPS) is 14.0. The van der Waals surface area contributed by atoms with E-state index in [0.29, 0.717) is 17.7 Å². The molecule has 5 heteroatoms. The van der Waals surface area contributed by atoms with Crippen LogP contribution in [0.25, 0.3) is 0 Å². The first-order chi connectivity index (χ1) is 14.9. The highest BCUT2D eigenvalue weighted by Gasteiger charge is 2.25. The van der Waals surface area contributed by atoms with Crippen LogP contribution in [0, 0.1) is 12.7 Å². The van der Waals surface area contributed by atoms with Crippen molar-refractivity contribution in [2.75, 3.05) is 11.4 Å². The number of fused-ring (bicyclic) bond motifs is 1. The molecule has 0 saturated carbocycles. The van der Waals surface area contributed by atoms with Crippen molar-refractivity contribution >= 4 is 17.5 Å². The van der Waals surface area contributed by atoms with Gasteiger partial charge in [-0.1, -0.05) is 29.8 Å². The standard InChI is InChI=1S/C26H25FN2O2/c1-17-5-3-6-22(15-17)26(31)29-14-4-7-20-16-21(10-13-24(20)29)25(30)28-18(2)19-8-11-23(27)12-9-19/h3,5-6,8-13,15-16,18H,4,7,14H2,1-2H3,(H,28,30). The molecular formula is C26H25FN2O2. The van der Waals surface area contributed by atoms with Crippen molar-refractivity contribution in [1.29, 1.82) is 0 Å². The Balaban J connectivity index is 1.53. The second kappa shape index (κ2) is 8.72. The molecule has 4 nitrogen and oxygen atoms in total. The maximum Gasteiger partial charge on any atom is 0.258 e. The van der Waals surface area contributed by atoms with Crippen LogP contribution in [0.4, 0.5) is 10.1 Å². The Labute approximate surface area is 181 Å². The molecule has 31 heavy (non-hydrogen) atoms. The summed E-state index contributed by atoms with van der Waals surface area (Å²) < 4.78 is 13.1. The van der Waals surface area contributed by atoms with Crippen molar-refractivity contribution in [3.63, 3.8) is 0 Å². The zero-order chi connectivity index (χ0) is 22.0. The van der Waals surface area contributed by atoms with Crippen LogP contribution >= 0.6 is 0 Å². The number of aryl methyl sites for hydroxylation is 2. The Hall–Kier alpha value is -3.47. The van der Waals surface area contributed by atoms with E-state index in [-0.39, 0.29) is 23.7 Å². The van der Waals surface area contributed by atoms with Crippen LogP contribution in [0.2, 0.25) is 0 Å². The Morgan fingerprint density at radius 1 is 1.00 bits per heavy atom. The molecule has 0 spiro atoms. The Kier molecular flexibility index (Phi) is 5.85. The van der Waals surface area contributed by atoms with Crippen molar-refractivity contribution in [2.24, 2.45) is 0 Å². The monoisotopic (exact) mass is 416 g/mol. The second-order valence-corrected chi connectivity index (χ2v) is 8.02. The van der Waals surface area contributed by atoms with E-state index in [4.69, 9.17) is 0 Å². The van der Waals surface area contributed by atoms with Gasteiger partial charge in [0.1, 0.15) is 5.82 Å². The van der Waals surface area contributed by atoms with E-state index in [1.54, 1.807) is 23.1 Å². The Morgan fingerprint density at radius 2 is 1.77 bits per heavy atom. The molecular weight excluding hydrogens is 391 g/mol. The maximum atomic E-state index is 13.1. The smallest absolute Gasteiger partial charge is 0.258 e. The molecule has 0 bridgehead atoms. The molecule has 1 unspecified atom stereocenters. The van der Waals surface area contributed by atoms with Gasteiger partial charge < -0.3 is 10.2 Å². The summed E-state index contributed by atoms with van der Waals surface area (Å²) in [6.07, 6.45) is 1.67. The van der Waals surface area contributed by atoms with Crippen LogP contribution < -0.4 is 10.2 Å². The lowest BCUT2D eigenvalue weighted by Crippen LogP contribution is -2.35.